The van der Waals surface area contributed by atoms with E-state index < -0.39 is 0 Å². The normalized spacial score (nSPS) is 15.9. The van der Waals surface area contributed by atoms with E-state index in [-0.39, 0.29) is 0 Å². The van der Waals surface area contributed by atoms with E-state index in [1.54, 1.807) is 0 Å². The SMILES string of the molecule is CCOc1ccccc1N=C1CCCCC1. The minimum Gasteiger partial charge on any atom is -0.492 e. The molecule has 0 N–H and O–H groups in total. The van der Waals surface area contributed by atoms with Gasteiger partial charge in [0.05, 0.1) is 6.61 Å². The van der Waals surface area contributed by atoms with E-state index in [1.807, 2.05) is 31.2 Å². The van der Waals surface area contributed by atoms with Crippen LogP contribution in [-0.2, 0) is 0 Å². The maximum Gasteiger partial charge on any atom is 0.144 e. The summed E-state index contributed by atoms with van der Waals surface area (Å²) in [5, 5.41) is 0. The second-order valence-corrected chi connectivity index (χ2v) is 4.14. The van der Waals surface area contributed by atoms with Gasteiger partial charge < -0.3 is 4.74 Å². The molecule has 1 aliphatic carbocycles. The highest BCUT2D eigenvalue weighted by Gasteiger charge is 2.08. The van der Waals surface area contributed by atoms with Crippen molar-refractivity contribution in [2.45, 2.75) is 39.0 Å². The summed E-state index contributed by atoms with van der Waals surface area (Å²) in [6.07, 6.45) is 6.23. The molecule has 0 spiro atoms. The van der Waals surface area contributed by atoms with Crippen molar-refractivity contribution in [3.8, 4) is 5.75 Å². The van der Waals surface area contributed by atoms with Gasteiger partial charge in [0.1, 0.15) is 11.4 Å². The third-order valence-electron chi connectivity index (χ3n) is 2.87. The minimum absolute atomic E-state index is 0.696. The zero-order valence-corrected chi connectivity index (χ0v) is 9.91. The Morgan fingerprint density at radius 2 is 1.88 bits per heavy atom. The van der Waals surface area contributed by atoms with Crippen LogP contribution < -0.4 is 4.74 Å². The molecule has 0 amide bonds. The molecule has 2 rings (SSSR count). The van der Waals surface area contributed by atoms with Gasteiger partial charge in [0.25, 0.3) is 0 Å². The Bertz CT molecular complexity index is 363. The summed E-state index contributed by atoms with van der Waals surface area (Å²) in [7, 11) is 0. The number of hydrogen-bond donors (Lipinski definition) is 0. The van der Waals surface area contributed by atoms with E-state index in [2.05, 4.69) is 0 Å². The summed E-state index contributed by atoms with van der Waals surface area (Å²) in [6, 6.07) is 8.04. The maximum absolute atomic E-state index is 5.57. The summed E-state index contributed by atoms with van der Waals surface area (Å²) in [5.74, 6) is 0.906. The van der Waals surface area contributed by atoms with Gasteiger partial charge in [0.15, 0.2) is 0 Å². The highest BCUT2D eigenvalue weighted by molar-refractivity contribution is 5.88. The molecule has 0 bridgehead atoms. The van der Waals surface area contributed by atoms with Gasteiger partial charge in [-0.15, -0.1) is 0 Å². The Labute approximate surface area is 97.4 Å². The molecule has 1 aromatic carbocycles. The van der Waals surface area contributed by atoms with Gasteiger partial charge in [-0.05, 0) is 44.7 Å². The van der Waals surface area contributed by atoms with Gasteiger partial charge in [0, 0.05) is 5.71 Å². The van der Waals surface area contributed by atoms with Gasteiger partial charge >= 0.3 is 0 Å². The molecular formula is C14H19NO. The van der Waals surface area contributed by atoms with Crippen molar-refractivity contribution in [2.24, 2.45) is 4.99 Å². The average Bonchev–Trinajstić information content (AvgIpc) is 2.33. The van der Waals surface area contributed by atoms with E-state index in [1.165, 1.54) is 25.0 Å². The quantitative estimate of drug-likeness (QED) is 0.746. The molecule has 1 saturated carbocycles. The van der Waals surface area contributed by atoms with E-state index in [4.69, 9.17) is 9.73 Å². The zero-order valence-electron chi connectivity index (χ0n) is 9.91. The monoisotopic (exact) mass is 217 g/mol. The predicted octanol–water partition coefficient (Wildman–Crippen LogP) is 4.12. The van der Waals surface area contributed by atoms with Gasteiger partial charge in [-0.25, -0.2) is 0 Å². The summed E-state index contributed by atoms with van der Waals surface area (Å²) in [5.41, 5.74) is 2.32. The first-order valence-electron chi connectivity index (χ1n) is 6.18. The number of para-hydroxylation sites is 2. The number of rotatable bonds is 3. The Hall–Kier alpha value is -1.31. The van der Waals surface area contributed by atoms with Crippen molar-refractivity contribution in [3.63, 3.8) is 0 Å². The number of nitrogens with zero attached hydrogens (tertiary/aromatic N) is 1. The van der Waals surface area contributed by atoms with E-state index in [0.717, 1.165) is 24.3 Å². The highest BCUT2D eigenvalue weighted by Crippen LogP contribution is 2.29. The fourth-order valence-electron chi connectivity index (χ4n) is 2.07. The van der Waals surface area contributed by atoms with Crippen LogP contribution in [-0.4, -0.2) is 12.3 Å². The Balaban J connectivity index is 2.18. The lowest BCUT2D eigenvalue weighted by Crippen LogP contribution is -2.04. The second-order valence-electron chi connectivity index (χ2n) is 4.14. The van der Waals surface area contributed by atoms with Crippen LogP contribution in [0.4, 0.5) is 5.69 Å². The standard InChI is InChI=1S/C14H19NO/c1-2-16-14-11-7-6-10-13(14)15-12-8-4-3-5-9-12/h6-7,10-11H,2-5,8-9H2,1H3. The highest BCUT2D eigenvalue weighted by atomic mass is 16.5. The molecule has 86 valence electrons. The molecule has 0 radical (unpaired) electrons. The van der Waals surface area contributed by atoms with Crippen molar-refractivity contribution in [1.82, 2.24) is 0 Å². The average molecular weight is 217 g/mol. The molecule has 1 fully saturated rings. The van der Waals surface area contributed by atoms with Crippen molar-refractivity contribution in [1.29, 1.82) is 0 Å². The molecule has 0 aromatic heterocycles. The summed E-state index contributed by atoms with van der Waals surface area (Å²) in [6.45, 7) is 2.70. The van der Waals surface area contributed by atoms with E-state index >= 15 is 0 Å². The van der Waals surface area contributed by atoms with Crippen LogP contribution in [0, 0.1) is 0 Å². The smallest absolute Gasteiger partial charge is 0.144 e. The molecule has 0 saturated heterocycles. The van der Waals surface area contributed by atoms with Gasteiger partial charge in [-0.3, -0.25) is 4.99 Å². The van der Waals surface area contributed by atoms with Crippen LogP contribution in [0.25, 0.3) is 0 Å². The van der Waals surface area contributed by atoms with Crippen LogP contribution in [0.3, 0.4) is 0 Å². The number of ether oxygens (including phenoxy) is 1. The largest absolute Gasteiger partial charge is 0.492 e. The maximum atomic E-state index is 5.57. The Morgan fingerprint density at radius 1 is 1.12 bits per heavy atom. The van der Waals surface area contributed by atoms with Crippen LogP contribution in [0.5, 0.6) is 5.75 Å². The molecule has 2 nitrogen and oxygen atoms in total. The lowest BCUT2D eigenvalue weighted by Gasteiger charge is -2.13. The third-order valence-corrected chi connectivity index (χ3v) is 2.87. The molecule has 0 unspecified atom stereocenters. The molecule has 16 heavy (non-hydrogen) atoms. The minimum atomic E-state index is 0.696. The van der Waals surface area contributed by atoms with Crippen molar-refractivity contribution in [3.05, 3.63) is 24.3 Å². The summed E-state index contributed by atoms with van der Waals surface area (Å²) >= 11 is 0. The van der Waals surface area contributed by atoms with E-state index in [0.29, 0.717) is 6.61 Å². The molecule has 0 heterocycles. The molecule has 1 aliphatic rings. The third kappa shape index (κ3) is 2.84. The lowest BCUT2D eigenvalue weighted by atomic mass is 9.98. The first-order valence-corrected chi connectivity index (χ1v) is 6.18. The van der Waals surface area contributed by atoms with Crippen molar-refractivity contribution >= 4 is 11.4 Å². The summed E-state index contributed by atoms with van der Waals surface area (Å²) in [4.78, 5) is 4.73. The number of hydrogen-bond acceptors (Lipinski definition) is 2. The molecule has 0 aliphatic heterocycles. The predicted molar refractivity (Wildman–Crippen MR) is 67.8 cm³/mol. The van der Waals surface area contributed by atoms with Crippen molar-refractivity contribution < 1.29 is 4.74 Å². The summed E-state index contributed by atoms with van der Waals surface area (Å²) < 4.78 is 5.57. The number of benzene rings is 1. The van der Waals surface area contributed by atoms with Gasteiger partial charge in [-0.2, -0.15) is 0 Å². The topological polar surface area (TPSA) is 21.6 Å². The van der Waals surface area contributed by atoms with Crippen LogP contribution in [0.2, 0.25) is 0 Å². The lowest BCUT2D eigenvalue weighted by molar-refractivity contribution is 0.341. The second kappa shape index (κ2) is 5.69. The van der Waals surface area contributed by atoms with Gasteiger partial charge in [0.2, 0.25) is 0 Å². The fourth-order valence-corrected chi connectivity index (χ4v) is 2.07. The Kier molecular flexibility index (Phi) is 3.97. The molecule has 1 aromatic rings. The fraction of sp³-hybridized carbons (Fsp3) is 0.500. The number of aliphatic imine (C=N–C) groups is 1. The molecular weight excluding hydrogens is 198 g/mol. The van der Waals surface area contributed by atoms with Crippen LogP contribution in [0.15, 0.2) is 29.3 Å². The van der Waals surface area contributed by atoms with Crippen LogP contribution in [0.1, 0.15) is 39.0 Å². The van der Waals surface area contributed by atoms with Crippen molar-refractivity contribution in [2.75, 3.05) is 6.61 Å². The van der Waals surface area contributed by atoms with Crippen LogP contribution >= 0.6 is 0 Å². The first kappa shape index (κ1) is 11.2. The molecule has 2 heteroatoms. The first-order chi connectivity index (χ1) is 7.90. The molecule has 0 atom stereocenters. The Morgan fingerprint density at radius 3 is 2.62 bits per heavy atom. The van der Waals surface area contributed by atoms with E-state index in [9.17, 15) is 0 Å². The van der Waals surface area contributed by atoms with Gasteiger partial charge in [-0.1, -0.05) is 18.6 Å². The zero-order chi connectivity index (χ0) is 11.2.